The first-order chi connectivity index (χ1) is 13.1. The number of benzene rings is 1. The number of rotatable bonds is 8. The van der Waals surface area contributed by atoms with Gasteiger partial charge in [-0.15, -0.1) is 10.2 Å². The molecular weight excluding hydrogens is 380 g/mol. The van der Waals surface area contributed by atoms with E-state index in [1.807, 2.05) is 31.2 Å². The fraction of sp³-hybridized carbons (Fsp3) is 0.389. The maximum atomic E-state index is 12.5. The van der Waals surface area contributed by atoms with Crippen LogP contribution in [0, 0.1) is 11.7 Å². The highest BCUT2D eigenvalue weighted by Gasteiger charge is 2.14. The lowest BCUT2D eigenvalue weighted by molar-refractivity contribution is -0.116. The Hall–Kier alpha value is -2.39. The first-order valence-electron chi connectivity index (χ1n) is 8.91. The normalized spacial score (nSPS) is 10.9. The Labute approximate surface area is 166 Å². The Balaban J connectivity index is 1.67. The quantitative estimate of drug-likeness (QED) is 0.437. The molecule has 142 valence electrons. The third-order valence-electron chi connectivity index (χ3n) is 4.08. The maximum Gasteiger partial charge on any atom is 0.246 e. The second-order valence-corrected chi connectivity index (χ2v) is 7.76. The van der Waals surface area contributed by atoms with Crippen LogP contribution in [0.5, 0.6) is 0 Å². The minimum atomic E-state index is -0.211. The molecule has 2 aromatic heterocycles. The number of aryl methyl sites for hydroxylation is 2. The Morgan fingerprint density at radius 1 is 1.26 bits per heavy atom. The van der Waals surface area contributed by atoms with Crippen molar-refractivity contribution in [1.29, 1.82) is 0 Å². The summed E-state index contributed by atoms with van der Waals surface area (Å²) in [6.45, 7) is 4.24. The lowest BCUT2D eigenvalue weighted by atomic mass is 10.1. The van der Waals surface area contributed by atoms with E-state index in [4.69, 9.17) is 12.2 Å². The molecule has 0 spiro atoms. The average Bonchev–Trinajstić information content (AvgIpc) is 3.23. The molecule has 0 fully saturated rings. The molecule has 9 heteroatoms. The van der Waals surface area contributed by atoms with Crippen LogP contribution in [0.25, 0.3) is 11.4 Å². The number of nitrogens with one attached hydrogen (secondary N) is 2. The van der Waals surface area contributed by atoms with Gasteiger partial charge >= 0.3 is 0 Å². The second-order valence-electron chi connectivity index (χ2n) is 6.31. The van der Waals surface area contributed by atoms with Crippen molar-refractivity contribution in [1.82, 2.24) is 25.0 Å². The molecule has 0 saturated carbocycles. The van der Waals surface area contributed by atoms with Crippen LogP contribution < -0.4 is 5.32 Å². The van der Waals surface area contributed by atoms with E-state index in [0.717, 1.165) is 35.4 Å². The molecule has 3 rings (SSSR count). The van der Waals surface area contributed by atoms with Gasteiger partial charge in [-0.3, -0.25) is 19.8 Å². The van der Waals surface area contributed by atoms with Gasteiger partial charge in [-0.2, -0.15) is 5.10 Å². The summed E-state index contributed by atoms with van der Waals surface area (Å²) >= 11 is 6.70. The summed E-state index contributed by atoms with van der Waals surface area (Å²) < 4.78 is 2.08. The first kappa shape index (κ1) is 19.4. The number of hydrogen-bond acceptors (Lipinski definition) is 6. The standard InChI is InChI=1S/C18H22N6OS2/c1-3-4-5-6-15-20-22-17(27-15)19-14(25)11-24-16(21-23-18(24)26)13-9-7-12(2)8-10-13/h7-10H,3-6,11H2,1-2H3,(H,23,26)(H,19,22,25). The van der Waals surface area contributed by atoms with Crippen LogP contribution in [0.2, 0.25) is 0 Å². The van der Waals surface area contributed by atoms with Crippen molar-refractivity contribution < 1.29 is 4.79 Å². The predicted octanol–water partition coefficient (Wildman–Crippen LogP) is 4.14. The zero-order valence-electron chi connectivity index (χ0n) is 15.4. The zero-order chi connectivity index (χ0) is 19.2. The van der Waals surface area contributed by atoms with Crippen molar-refractivity contribution in [2.45, 2.75) is 46.1 Å². The number of nitrogens with zero attached hydrogens (tertiary/aromatic N) is 4. The van der Waals surface area contributed by atoms with Crippen LogP contribution >= 0.6 is 23.6 Å². The summed E-state index contributed by atoms with van der Waals surface area (Å²) in [6.07, 6.45) is 4.31. The summed E-state index contributed by atoms with van der Waals surface area (Å²) in [5, 5.41) is 19.5. The van der Waals surface area contributed by atoms with Crippen molar-refractivity contribution in [3.8, 4) is 11.4 Å². The number of carbonyl (C=O) groups is 1. The molecular formula is C18H22N6OS2. The Morgan fingerprint density at radius 2 is 2.04 bits per heavy atom. The van der Waals surface area contributed by atoms with E-state index in [1.165, 1.54) is 17.8 Å². The summed E-state index contributed by atoms with van der Waals surface area (Å²) in [5.41, 5.74) is 2.05. The number of amides is 1. The molecule has 0 aliphatic heterocycles. The number of aromatic amines is 1. The summed E-state index contributed by atoms with van der Waals surface area (Å²) in [7, 11) is 0. The van der Waals surface area contributed by atoms with Crippen LogP contribution in [0.3, 0.4) is 0 Å². The molecule has 2 heterocycles. The molecule has 0 saturated heterocycles. The number of unbranched alkanes of at least 4 members (excludes halogenated alkanes) is 2. The molecule has 0 unspecified atom stereocenters. The van der Waals surface area contributed by atoms with Gasteiger partial charge in [-0.1, -0.05) is 60.9 Å². The summed E-state index contributed by atoms with van der Waals surface area (Å²) in [5.74, 6) is 0.421. The highest BCUT2D eigenvalue weighted by Crippen LogP contribution is 2.20. The number of H-pyrrole nitrogens is 1. The molecule has 0 radical (unpaired) electrons. The van der Waals surface area contributed by atoms with Crippen molar-refractivity contribution in [2.75, 3.05) is 5.32 Å². The Bertz CT molecular complexity index is 957. The molecule has 0 atom stereocenters. The smallest absolute Gasteiger partial charge is 0.246 e. The van der Waals surface area contributed by atoms with E-state index in [9.17, 15) is 4.79 Å². The van der Waals surface area contributed by atoms with Crippen LogP contribution in [-0.2, 0) is 17.8 Å². The minimum Gasteiger partial charge on any atom is -0.299 e. The Morgan fingerprint density at radius 3 is 2.78 bits per heavy atom. The van der Waals surface area contributed by atoms with Crippen molar-refractivity contribution >= 4 is 34.6 Å². The lowest BCUT2D eigenvalue weighted by Crippen LogP contribution is -2.19. The van der Waals surface area contributed by atoms with E-state index < -0.39 is 0 Å². The number of anilines is 1. The van der Waals surface area contributed by atoms with Crippen molar-refractivity contribution in [3.05, 3.63) is 39.6 Å². The number of aromatic nitrogens is 5. The van der Waals surface area contributed by atoms with E-state index in [0.29, 0.717) is 15.7 Å². The van der Waals surface area contributed by atoms with Crippen LogP contribution in [0.1, 0.15) is 36.8 Å². The van der Waals surface area contributed by atoms with Gasteiger partial charge in [0.05, 0.1) is 0 Å². The second kappa shape index (κ2) is 9.01. The van der Waals surface area contributed by atoms with Crippen LogP contribution in [0.15, 0.2) is 24.3 Å². The molecule has 2 N–H and O–H groups in total. The molecule has 1 amide bonds. The molecule has 0 aliphatic carbocycles. The molecule has 7 nitrogen and oxygen atoms in total. The molecule has 0 aliphatic rings. The Kier molecular flexibility index (Phi) is 6.46. The average molecular weight is 403 g/mol. The maximum absolute atomic E-state index is 12.5. The monoisotopic (exact) mass is 402 g/mol. The zero-order valence-corrected chi connectivity index (χ0v) is 17.0. The van der Waals surface area contributed by atoms with Gasteiger partial charge in [0.25, 0.3) is 0 Å². The van der Waals surface area contributed by atoms with Gasteiger partial charge in [-0.05, 0) is 25.6 Å². The summed E-state index contributed by atoms with van der Waals surface area (Å²) in [4.78, 5) is 12.5. The van der Waals surface area contributed by atoms with E-state index in [2.05, 4.69) is 32.6 Å². The first-order valence-corrected chi connectivity index (χ1v) is 10.1. The number of hydrogen-bond donors (Lipinski definition) is 2. The van der Waals surface area contributed by atoms with Gasteiger partial charge in [-0.25, -0.2) is 0 Å². The van der Waals surface area contributed by atoms with Crippen LogP contribution in [0.4, 0.5) is 5.13 Å². The van der Waals surface area contributed by atoms with Gasteiger partial charge in [0.15, 0.2) is 10.6 Å². The van der Waals surface area contributed by atoms with E-state index in [1.54, 1.807) is 4.57 Å². The third kappa shape index (κ3) is 5.08. The number of carbonyl (C=O) groups excluding carboxylic acids is 1. The van der Waals surface area contributed by atoms with Gasteiger partial charge in [0, 0.05) is 12.0 Å². The topological polar surface area (TPSA) is 88.5 Å². The van der Waals surface area contributed by atoms with E-state index in [-0.39, 0.29) is 12.5 Å². The predicted molar refractivity (Wildman–Crippen MR) is 109 cm³/mol. The lowest BCUT2D eigenvalue weighted by Gasteiger charge is -2.06. The van der Waals surface area contributed by atoms with Gasteiger partial charge in [0.2, 0.25) is 11.0 Å². The molecule has 27 heavy (non-hydrogen) atoms. The fourth-order valence-electron chi connectivity index (χ4n) is 2.62. The van der Waals surface area contributed by atoms with Crippen LogP contribution in [-0.4, -0.2) is 30.9 Å². The highest BCUT2D eigenvalue weighted by molar-refractivity contribution is 7.71. The molecule has 1 aromatic carbocycles. The van der Waals surface area contributed by atoms with Gasteiger partial charge in [0.1, 0.15) is 11.6 Å². The fourth-order valence-corrected chi connectivity index (χ4v) is 3.62. The van der Waals surface area contributed by atoms with Crippen molar-refractivity contribution in [3.63, 3.8) is 0 Å². The highest BCUT2D eigenvalue weighted by atomic mass is 32.1. The van der Waals surface area contributed by atoms with E-state index >= 15 is 0 Å². The van der Waals surface area contributed by atoms with Gasteiger partial charge < -0.3 is 0 Å². The summed E-state index contributed by atoms with van der Waals surface area (Å²) in [6, 6.07) is 7.92. The largest absolute Gasteiger partial charge is 0.299 e. The van der Waals surface area contributed by atoms with Crippen molar-refractivity contribution in [2.24, 2.45) is 0 Å². The third-order valence-corrected chi connectivity index (χ3v) is 5.29. The molecule has 3 aromatic rings. The SMILES string of the molecule is CCCCCc1nnc(NC(=O)Cn2c(-c3ccc(C)cc3)n[nH]c2=S)s1. The molecule has 0 bridgehead atoms. The minimum absolute atomic E-state index is 0.0588.